The summed E-state index contributed by atoms with van der Waals surface area (Å²) in [6.45, 7) is 5.34. The maximum Gasteiger partial charge on any atom is 0.308 e. The summed E-state index contributed by atoms with van der Waals surface area (Å²) in [6.07, 6.45) is 0. The Morgan fingerprint density at radius 1 is 1.35 bits per heavy atom. The summed E-state index contributed by atoms with van der Waals surface area (Å²) in [5, 5.41) is 11.6. The second-order valence-corrected chi connectivity index (χ2v) is 5.95. The Morgan fingerprint density at radius 2 is 2.05 bits per heavy atom. The molecule has 1 amide bonds. The van der Waals surface area contributed by atoms with Crippen molar-refractivity contribution < 1.29 is 14.7 Å². The average Bonchev–Trinajstić information content (AvgIpc) is 2.37. The van der Waals surface area contributed by atoms with Crippen molar-refractivity contribution in [3.05, 3.63) is 35.4 Å². The van der Waals surface area contributed by atoms with Gasteiger partial charge in [-0.15, -0.1) is 11.8 Å². The third-order valence-electron chi connectivity index (χ3n) is 3.11. The molecule has 0 heterocycles. The summed E-state index contributed by atoms with van der Waals surface area (Å²) in [6, 6.07) is 7.81. The topological polar surface area (TPSA) is 66.4 Å². The molecule has 20 heavy (non-hydrogen) atoms. The average molecular weight is 295 g/mol. The SMILES string of the molecule is Cc1cccc(CSCC(=O)NC(C)C(C)C(=O)O)c1. The number of aryl methyl sites for hydroxylation is 1. The van der Waals surface area contributed by atoms with Crippen LogP contribution in [0.5, 0.6) is 0 Å². The van der Waals surface area contributed by atoms with Crippen LogP contribution >= 0.6 is 11.8 Å². The third kappa shape index (κ3) is 5.65. The number of thioether (sulfide) groups is 1. The van der Waals surface area contributed by atoms with Gasteiger partial charge in [-0.25, -0.2) is 0 Å². The number of aliphatic carboxylic acids is 1. The number of hydrogen-bond donors (Lipinski definition) is 2. The molecule has 0 aliphatic heterocycles. The molecule has 0 bridgehead atoms. The van der Waals surface area contributed by atoms with Gasteiger partial charge in [0.25, 0.3) is 0 Å². The predicted molar refractivity (Wildman–Crippen MR) is 81.7 cm³/mol. The van der Waals surface area contributed by atoms with E-state index in [-0.39, 0.29) is 11.9 Å². The molecule has 0 saturated heterocycles. The van der Waals surface area contributed by atoms with Crippen LogP contribution in [0, 0.1) is 12.8 Å². The van der Waals surface area contributed by atoms with Crippen LogP contribution in [0.4, 0.5) is 0 Å². The lowest BCUT2D eigenvalue weighted by molar-refractivity contribution is -0.142. The van der Waals surface area contributed by atoms with Crippen molar-refractivity contribution in [2.45, 2.75) is 32.6 Å². The van der Waals surface area contributed by atoms with E-state index in [9.17, 15) is 9.59 Å². The molecule has 4 nitrogen and oxygen atoms in total. The van der Waals surface area contributed by atoms with Crippen molar-refractivity contribution in [3.63, 3.8) is 0 Å². The molecule has 0 saturated carbocycles. The van der Waals surface area contributed by atoms with Crippen molar-refractivity contribution in [3.8, 4) is 0 Å². The summed E-state index contributed by atoms with van der Waals surface area (Å²) in [5.74, 6) is -0.489. The van der Waals surface area contributed by atoms with E-state index in [4.69, 9.17) is 5.11 Å². The van der Waals surface area contributed by atoms with Crippen LogP contribution in [0.3, 0.4) is 0 Å². The first kappa shape index (κ1) is 16.6. The van der Waals surface area contributed by atoms with Crippen molar-refractivity contribution in [1.82, 2.24) is 5.32 Å². The first-order chi connectivity index (χ1) is 9.40. The van der Waals surface area contributed by atoms with Crippen LogP contribution in [0.25, 0.3) is 0 Å². The molecule has 1 aromatic carbocycles. The normalized spacial score (nSPS) is 13.6. The van der Waals surface area contributed by atoms with E-state index in [1.807, 2.05) is 25.1 Å². The summed E-state index contributed by atoms with van der Waals surface area (Å²) >= 11 is 1.53. The van der Waals surface area contributed by atoms with Gasteiger partial charge >= 0.3 is 5.97 Å². The number of benzene rings is 1. The van der Waals surface area contributed by atoms with Gasteiger partial charge in [0.15, 0.2) is 0 Å². The van der Waals surface area contributed by atoms with E-state index in [1.54, 1.807) is 13.8 Å². The van der Waals surface area contributed by atoms with Crippen LogP contribution in [0.15, 0.2) is 24.3 Å². The summed E-state index contributed by atoms with van der Waals surface area (Å²) in [7, 11) is 0. The number of amides is 1. The maximum absolute atomic E-state index is 11.7. The standard InChI is InChI=1S/C15H21NO3S/c1-10-5-4-6-13(7-10)8-20-9-14(17)16-12(3)11(2)15(18)19/h4-7,11-12H,8-9H2,1-3H3,(H,16,17)(H,18,19). The molecule has 5 heteroatoms. The Balaban J connectivity index is 2.32. The number of nitrogens with one attached hydrogen (secondary N) is 1. The predicted octanol–water partition coefficient (Wildman–Crippen LogP) is 2.45. The van der Waals surface area contributed by atoms with Gasteiger partial charge in [-0.3, -0.25) is 9.59 Å². The van der Waals surface area contributed by atoms with E-state index in [2.05, 4.69) is 11.4 Å². The van der Waals surface area contributed by atoms with Crippen LogP contribution in [-0.4, -0.2) is 28.8 Å². The minimum atomic E-state index is -0.898. The number of carboxylic acids is 1. The number of carboxylic acid groups (broad SMARTS) is 1. The summed E-state index contributed by atoms with van der Waals surface area (Å²) in [5.41, 5.74) is 2.39. The number of hydrogen-bond acceptors (Lipinski definition) is 3. The quantitative estimate of drug-likeness (QED) is 0.811. The smallest absolute Gasteiger partial charge is 0.308 e. The fourth-order valence-electron chi connectivity index (χ4n) is 1.70. The van der Waals surface area contributed by atoms with E-state index < -0.39 is 11.9 Å². The van der Waals surface area contributed by atoms with Crippen molar-refractivity contribution in [1.29, 1.82) is 0 Å². The fourth-order valence-corrected chi connectivity index (χ4v) is 2.48. The van der Waals surface area contributed by atoms with Gasteiger partial charge < -0.3 is 10.4 Å². The molecule has 0 radical (unpaired) electrons. The lowest BCUT2D eigenvalue weighted by atomic mass is 10.0. The lowest BCUT2D eigenvalue weighted by Gasteiger charge is -2.17. The molecular weight excluding hydrogens is 274 g/mol. The van der Waals surface area contributed by atoms with Crippen LogP contribution in [-0.2, 0) is 15.3 Å². The van der Waals surface area contributed by atoms with Gasteiger partial charge in [-0.2, -0.15) is 0 Å². The zero-order valence-corrected chi connectivity index (χ0v) is 12.9. The molecule has 1 aromatic rings. The minimum absolute atomic E-state index is 0.122. The number of rotatable bonds is 7. The molecular formula is C15H21NO3S. The zero-order chi connectivity index (χ0) is 15.1. The molecule has 2 N–H and O–H groups in total. The lowest BCUT2D eigenvalue weighted by Crippen LogP contribution is -2.40. The summed E-state index contributed by atoms with van der Waals surface area (Å²) < 4.78 is 0. The third-order valence-corrected chi connectivity index (χ3v) is 4.12. The van der Waals surface area contributed by atoms with E-state index >= 15 is 0 Å². The zero-order valence-electron chi connectivity index (χ0n) is 12.1. The van der Waals surface area contributed by atoms with Gasteiger partial charge in [0.1, 0.15) is 0 Å². The highest BCUT2D eigenvalue weighted by Crippen LogP contribution is 2.13. The molecule has 0 fully saturated rings. The highest BCUT2D eigenvalue weighted by molar-refractivity contribution is 7.99. The highest BCUT2D eigenvalue weighted by Gasteiger charge is 2.20. The molecule has 2 unspecified atom stereocenters. The Morgan fingerprint density at radius 3 is 2.65 bits per heavy atom. The highest BCUT2D eigenvalue weighted by atomic mass is 32.2. The van der Waals surface area contributed by atoms with Gasteiger partial charge in [0.2, 0.25) is 5.91 Å². The van der Waals surface area contributed by atoms with Crippen molar-refractivity contribution in [2.24, 2.45) is 5.92 Å². The largest absolute Gasteiger partial charge is 0.481 e. The van der Waals surface area contributed by atoms with E-state index in [1.165, 1.54) is 22.9 Å². The minimum Gasteiger partial charge on any atom is -0.481 e. The Kier molecular flexibility index (Phi) is 6.58. The summed E-state index contributed by atoms with van der Waals surface area (Å²) in [4.78, 5) is 22.5. The van der Waals surface area contributed by atoms with Crippen molar-refractivity contribution in [2.75, 3.05) is 5.75 Å². The first-order valence-corrected chi connectivity index (χ1v) is 7.71. The van der Waals surface area contributed by atoms with Crippen molar-refractivity contribution >= 4 is 23.6 Å². The van der Waals surface area contributed by atoms with Crippen LogP contribution in [0.2, 0.25) is 0 Å². The Hall–Kier alpha value is -1.49. The monoisotopic (exact) mass is 295 g/mol. The molecule has 0 aliphatic carbocycles. The van der Waals surface area contributed by atoms with Crippen LogP contribution < -0.4 is 5.32 Å². The van der Waals surface area contributed by atoms with Gasteiger partial charge in [-0.1, -0.05) is 29.8 Å². The second-order valence-electron chi connectivity index (χ2n) is 4.96. The number of carbonyl (C=O) groups is 2. The Bertz CT molecular complexity index is 476. The maximum atomic E-state index is 11.7. The number of carbonyl (C=O) groups excluding carboxylic acids is 1. The van der Waals surface area contributed by atoms with Gasteiger partial charge in [-0.05, 0) is 26.3 Å². The van der Waals surface area contributed by atoms with E-state index in [0.29, 0.717) is 5.75 Å². The van der Waals surface area contributed by atoms with Crippen LogP contribution in [0.1, 0.15) is 25.0 Å². The molecule has 0 aromatic heterocycles. The molecule has 110 valence electrons. The first-order valence-electron chi connectivity index (χ1n) is 6.55. The van der Waals surface area contributed by atoms with E-state index in [0.717, 1.165) is 5.75 Å². The van der Waals surface area contributed by atoms with Gasteiger partial charge in [0, 0.05) is 11.8 Å². The second kappa shape index (κ2) is 7.94. The fraction of sp³-hybridized carbons (Fsp3) is 0.467. The molecule has 0 aliphatic rings. The molecule has 2 atom stereocenters. The molecule has 1 rings (SSSR count). The van der Waals surface area contributed by atoms with Gasteiger partial charge in [0.05, 0.1) is 11.7 Å². The Labute approximate surface area is 124 Å². The molecule has 0 spiro atoms.